The van der Waals surface area contributed by atoms with Crippen LogP contribution in [0.1, 0.15) is 16.5 Å². The van der Waals surface area contributed by atoms with Crippen molar-refractivity contribution in [2.24, 2.45) is 0 Å². The second-order valence-electron chi connectivity index (χ2n) is 3.97. The molecule has 94 valence electrons. The summed E-state index contributed by atoms with van der Waals surface area (Å²) in [5, 5.41) is 0.515. The van der Waals surface area contributed by atoms with Crippen LogP contribution in [0.15, 0.2) is 42.5 Å². The molecule has 0 aliphatic carbocycles. The molecule has 4 heteroatoms. The summed E-state index contributed by atoms with van der Waals surface area (Å²) in [6.07, 6.45) is 0.670. The number of hydrogen-bond acceptors (Lipinski definition) is 0. The number of hydrogen-bond donors (Lipinski definition) is 0. The Hall–Kier alpha value is -0.320. The molecule has 0 radical (unpaired) electrons. The molecule has 0 nitrogen and oxygen atoms in total. The molecule has 0 aliphatic rings. The van der Waals surface area contributed by atoms with E-state index < -0.39 is 0 Å². The van der Waals surface area contributed by atoms with Crippen LogP contribution in [0.3, 0.4) is 0 Å². The molecule has 0 fully saturated rings. The van der Waals surface area contributed by atoms with Gasteiger partial charge in [0.2, 0.25) is 0 Å². The first-order valence-corrected chi connectivity index (χ1v) is 7.29. The molecule has 1 unspecified atom stereocenters. The summed E-state index contributed by atoms with van der Waals surface area (Å²) < 4.78 is 13.9. The third kappa shape index (κ3) is 3.59. The maximum Gasteiger partial charge on any atom is 0.124 e. The molecule has 18 heavy (non-hydrogen) atoms. The predicted octanol–water partition coefficient (Wildman–Crippen LogP) is 5.61. The highest BCUT2D eigenvalue weighted by atomic mass is 127. The van der Waals surface area contributed by atoms with Crippen LogP contribution in [0.5, 0.6) is 0 Å². The molecular weight excluding hydrogens is 385 g/mol. The lowest BCUT2D eigenvalue weighted by Gasteiger charge is -2.12. The summed E-state index contributed by atoms with van der Waals surface area (Å²) in [6, 6.07) is 12.3. The van der Waals surface area contributed by atoms with Gasteiger partial charge in [-0.1, -0.05) is 29.8 Å². The van der Waals surface area contributed by atoms with Crippen molar-refractivity contribution in [3.63, 3.8) is 0 Å². The fourth-order valence-electron chi connectivity index (χ4n) is 1.74. The van der Waals surface area contributed by atoms with Gasteiger partial charge in [-0.15, -0.1) is 11.6 Å². The Morgan fingerprint density at radius 2 is 1.94 bits per heavy atom. The van der Waals surface area contributed by atoms with Crippen LogP contribution in [-0.4, -0.2) is 0 Å². The minimum Gasteiger partial charge on any atom is -0.207 e. The van der Waals surface area contributed by atoms with E-state index in [0.29, 0.717) is 11.4 Å². The Morgan fingerprint density at radius 1 is 1.17 bits per heavy atom. The van der Waals surface area contributed by atoms with E-state index >= 15 is 0 Å². The molecule has 0 heterocycles. The van der Waals surface area contributed by atoms with Crippen molar-refractivity contribution in [1.82, 2.24) is 0 Å². The van der Waals surface area contributed by atoms with Crippen LogP contribution < -0.4 is 0 Å². The van der Waals surface area contributed by atoms with Crippen molar-refractivity contribution in [3.05, 3.63) is 68.0 Å². The van der Waals surface area contributed by atoms with Crippen LogP contribution in [0, 0.1) is 9.39 Å². The highest BCUT2D eigenvalue weighted by Crippen LogP contribution is 2.29. The van der Waals surface area contributed by atoms with Crippen LogP contribution in [0.2, 0.25) is 5.02 Å². The van der Waals surface area contributed by atoms with E-state index in [0.717, 1.165) is 14.7 Å². The maximum atomic E-state index is 13.0. The molecular formula is C14H10Cl2FI. The fourth-order valence-corrected chi connectivity index (χ4v) is 3.35. The van der Waals surface area contributed by atoms with Crippen molar-refractivity contribution in [3.8, 4) is 0 Å². The average molecular weight is 395 g/mol. The van der Waals surface area contributed by atoms with Crippen LogP contribution in [-0.2, 0) is 6.42 Å². The Labute approximate surface area is 129 Å². The van der Waals surface area contributed by atoms with Crippen LogP contribution in [0.4, 0.5) is 4.39 Å². The summed E-state index contributed by atoms with van der Waals surface area (Å²) in [5.41, 5.74) is 2.02. The molecule has 1 atom stereocenters. The van der Waals surface area contributed by atoms with Gasteiger partial charge in [-0.2, -0.15) is 0 Å². The lowest BCUT2D eigenvalue weighted by atomic mass is 10.0. The number of benzene rings is 2. The molecule has 0 bridgehead atoms. The normalized spacial score (nSPS) is 12.4. The number of rotatable bonds is 3. The van der Waals surface area contributed by atoms with Crippen LogP contribution >= 0.6 is 45.8 Å². The standard InChI is InChI=1S/C14H10Cl2FI/c15-10-3-1-2-9(6-10)7-13(16)12-5-4-11(17)8-14(12)18/h1-6,8,13H,7H2. The molecule has 2 rings (SSSR count). The third-order valence-electron chi connectivity index (χ3n) is 2.60. The van der Waals surface area contributed by atoms with Crippen molar-refractivity contribution in [2.75, 3.05) is 0 Å². The Morgan fingerprint density at radius 3 is 2.61 bits per heavy atom. The Kier molecular flexibility index (Phi) is 4.87. The summed E-state index contributed by atoms with van der Waals surface area (Å²) in [6.45, 7) is 0. The first-order valence-electron chi connectivity index (χ1n) is 5.40. The summed E-state index contributed by atoms with van der Waals surface area (Å²) in [7, 11) is 0. The van der Waals surface area contributed by atoms with Crippen molar-refractivity contribution < 1.29 is 4.39 Å². The monoisotopic (exact) mass is 394 g/mol. The predicted molar refractivity (Wildman–Crippen MR) is 82.9 cm³/mol. The minimum absolute atomic E-state index is 0.184. The number of halogens is 4. The van der Waals surface area contributed by atoms with Gasteiger partial charge < -0.3 is 0 Å². The van der Waals surface area contributed by atoms with Gasteiger partial charge in [0.15, 0.2) is 0 Å². The molecule has 2 aromatic carbocycles. The highest BCUT2D eigenvalue weighted by Gasteiger charge is 2.13. The Bertz CT molecular complexity index is 557. The fraction of sp³-hybridized carbons (Fsp3) is 0.143. The maximum absolute atomic E-state index is 13.0. The lowest BCUT2D eigenvalue weighted by molar-refractivity contribution is 0.625. The van der Waals surface area contributed by atoms with E-state index in [4.69, 9.17) is 23.2 Å². The van der Waals surface area contributed by atoms with Gasteiger partial charge in [-0.05, 0) is 64.4 Å². The summed E-state index contributed by atoms with van der Waals surface area (Å²) in [4.78, 5) is 0. The van der Waals surface area contributed by atoms with Gasteiger partial charge in [-0.3, -0.25) is 0 Å². The van der Waals surface area contributed by atoms with Gasteiger partial charge in [-0.25, -0.2) is 4.39 Å². The third-order valence-corrected chi connectivity index (χ3v) is 4.16. The zero-order chi connectivity index (χ0) is 13.1. The summed E-state index contributed by atoms with van der Waals surface area (Å²) >= 11 is 14.4. The van der Waals surface area contributed by atoms with E-state index in [2.05, 4.69) is 22.6 Å². The van der Waals surface area contributed by atoms with Crippen molar-refractivity contribution in [2.45, 2.75) is 11.8 Å². The number of alkyl halides is 1. The van der Waals surface area contributed by atoms with E-state index in [-0.39, 0.29) is 11.2 Å². The van der Waals surface area contributed by atoms with E-state index in [9.17, 15) is 4.39 Å². The summed E-state index contributed by atoms with van der Waals surface area (Å²) in [5.74, 6) is -0.241. The molecule has 0 aromatic heterocycles. The quantitative estimate of drug-likeness (QED) is 0.469. The average Bonchev–Trinajstić information content (AvgIpc) is 2.28. The zero-order valence-corrected chi connectivity index (χ0v) is 13.0. The first kappa shape index (κ1) is 14.1. The topological polar surface area (TPSA) is 0 Å². The zero-order valence-electron chi connectivity index (χ0n) is 9.34. The van der Waals surface area contributed by atoms with E-state index in [1.807, 2.05) is 24.3 Å². The van der Waals surface area contributed by atoms with Gasteiger partial charge in [0.25, 0.3) is 0 Å². The smallest absolute Gasteiger partial charge is 0.124 e. The van der Waals surface area contributed by atoms with Gasteiger partial charge in [0.05, 0.1) is 5.38 Å². The molecule has 0 aliphatic heterocycles. The minimum atomic E-state index is -0.241. The van der Waals surface area contributed by atoms with Crippen molar-refractivity contribution >= 4 is 45.8 Å². The molecule has 0 saturated heterocycles. The van der Waals surface area contributed by atoms with Gasteiger partial charge in [0, 0.05) is 8.59 Å². The van der Waals surface area contributed by atoms with Crippen LogP contribution in [0.25, 0.3) is 0 Å². The van der Waals surface area contributed by atoms with E-state index in [1.165, 1.54) is 12.1 Å². The molecule has 0 spiro atoms. The largest absolute Gasteiger partial charge is 0.207 e. The molecule has 2 aromatic rings. The molecule has 0 saturated carbocycles. The second kappa shape index (κ2) is 6.22. The lowest BCUT2D eigenvalue weighted by Crippen LogP contribution is -1.99. The van der Waals surface area contributed by atoms with Crippen molar-refractivity contribution in [1.29, 1.82) is 0 Å². The first-order chi connectivity index (χ1) is 8.56. The molecule has 0 amide bonds. The highest BCUT2D eigenvalue weighted by molar-refractivity contribution is 14.1. The van der Waals surface area contributed by atoms with E-state index in [1.54, 1.807) is 6.07 Å². The SMILES string of the molecule is Fc1ccc(C(Cl)Cc2cccc(Cl)c2)c(I)c1. The van der Waals surface area contributed by atoms with Gasteiger partial charge in [0.1, 0.15) is 5.82 Å². The van der Waals surface area contributed by atoms with Gasteiger partial charge >= 0.3 is 0 Å². The second-order valence-corrected chi connectivity index (χ2v) is 6.09. The Balaban J connectivity index is 2.19. The molecule has 0 N–H and O–H groups in total.